The van der Waals surface area contributed by atoms with Crippen molar-refractivity contribution in [2.24, 2.45) is 11.3 Å². The second-order valence-corrected chi connectivity index (χ2v) is 7.82. The Bertz CT molecular complexity index is 307. The van der Waals surface area contributed by atoms with Gasteiger partial charge in [0, 0.05) is 12.1 Å². The van der Waals surface area contributed by atoms with Crippen molar-refractivity contribution < 1.29 is 4.79 Å². The fraction of sp³-hybridized carbons (Fsp3) is 0.941. The molecular weight excluding hydrogens is 248 g/mol. The lowest BCUT2D eigenvalue weighted by atomic mass is 9.76. The topological polar surface area (TPSA) is 41.1 Å². The molecule has 1 aliphatic rings. The normalized spacial score (nSPS) is 26.1. The highest BCUT2D eigenvalue weighted by atomic mass is 16.2. The highest BCUT2D eigenvalue weighted by Crippen LogP contribution is 2.36. The van der Waals surface area contributed by atoms with Gasteiger partial charge in [0.05, 0.1) is 6.04 Å². The molecule has 2 N–H and O–H groups in total. The number of rotatable bonds is 4. The smallest absolute Gasteiger partial charge is 0.237 e. The lowest BCUT2D eigenvalue weighted by Crippen LogP contribution is -2.48. The Morgan fingerprint density at radius 2 is 1.70 bits per heavy atom. The fourth-order valence-corrected chi connectivity index (χ4v) is 3.17. The van der Waals surface area contributed by atoms with E-state index in [1.54, 1.807) is 0 Å². The molecule has 0 aliphatic heterocycles. The van der Waals surface area contributed by atoms with Crippen LogP contribution in [0.15, 0.2) is 0 Å². The fourth-order valence-electron chi connectivity index (χ4n) is 3.17. The predicted molar refractivity (Wildman–Crippen MR) is 85.7 cm³/mol. The molecule has 0 radical (unpaired) electrons. The zero-order valence-electron chi connectivity index (χ0n) is 14.3. The van der Waals surface area contributed by atoms with Crippen LogP contribution in [0.5, 0.6) is 0 Å². The summed E-state index contributed by atoms with van der Waals surface area (Å²) < 4.78 is 0. The first-order valence-electron chi connectivity index (χ1n) is 8.26. The second-order valence-electron chi connectivity index (χ2n) is 7.82. The first-order valence-corrected chi connectivity index (χ1v) is 8.26. The molecule has 1 saturated carbocycles. The number of carbonyl (C=O) groups excluding carboxylic acids is 1. The van der Waals surface area contributed by atoms with Gasteiger partial charge in [-0.2, -0.15) is 0 Å². The Labute approximate surface area is 125 Å². The van der Waals surface area contributed by atoms with Crippen molar-refractivity contribution in [1.82, 2.24) is 10.6 Å². The van der Waals surface area contributed by atoms with Gasteiger partial charge < -0.3 is 10.6 Å². The van der Waals surface area contributed by atoms with Gasteiger partial charge in [-0.05, 0) is 57.8 Å². The van der Waals surface area contributed by atoms with Crippen LogP contribution in [0, 0.1) is 11.3 Å². The van der Waals surface area contributed by atoms with Crippen molar-refractivity contribution in [3.05, 3.63) is 0 Å². The maximum absolute atomic E-state index is 12.0. The van der Waals surface area contributed by atoms with E-state index in [9.17, 15) is 4.79 Å². The summed E-state index contributed by atoms with van der Waals surface area (Å²) in [6.07, 6.45) is 6.28. The van der Waals surface area contributed by atoms with Crippen LogP contribution in [0.3, 0.4) is 0 Å². The summed E-state index contributed by atoms with van der Waals surface area (Å²) >= 11 is 0. The highest BCUT2D eigenvalue weighted by Gasteiger charge is 2.28. The van der Waals surface area contributed by atoms with E-state index in [1.165, 1.54) is 32.1 Å². The van der Waals surface area contributed by atoms with Gasteiger partial charge in [-0.25, -0.2) is 0 Å². The minimum atomic E-state index is -0.0893. The minimum absolute atomic E-state index is 0.0893. The summed E-state index contributed by atoms with van der Waals surface area (Å²) in [5, 5.41) is 6.50. The third-order valence-electron chi connectivity index (χ3n) is 4.50. The van der Waals surface area contributed by atoms with Crippen LogP contribution in [0.2, 0.25) is 0 Å². The number of hydrogen-bond donors (Lipinski definition) is 2. The average Bonchev–Trinajstić information content (AvgIpc) is 2.52. The van der Waals surface area contributed by atoms with Crippen molar-refractivity contribution in [3.63, 3.8) is 0 Å². The van der Waals surface area contributed by atoms with Gasteiger partial charge in [-0.3, -0.25) is 4.79 Å². The van der Waals surface area contributed by atoms with Crippen LogP contribution in [0.1, 0.15) is 73.6 Å². The van der Waals surface area contributed by atoms with E-state index in [1.807, 2.05) is 20.8 Å². The van der Waals surface area contributed by atoms with Crippen LogP contribution >= 0.6 is 0 Å². The molecule has 1 amide bonds. The van der Waals surface area contributed by atoms with E-state index < -0.39 is 0 Å². The first kappa shape index (κ1) is 17.5. The van der Waals surface area contributed by atoms with Gasteiger partial charge in [0.15, 0.2) is 0 Å². The Morgan fingerprint density at radius 1 is 1.05 bits per heavy atom. The molecule has 3 nitrogen and oxygen atoms in total. The summed E-state index contributed by atoms with van der Waals surface area (Å²) in [5.41, 5.74) is 0.412. The molecule has 0 bridgehead atoms. The number of hydrogen-bond acceptors (Lipinski definition) is 2. The molecule has 3 atom stereocenters. The van der Waals surface area contributed by atoms with Gasteiger partial charge in [0.25, 0.3) is 0 Å². The van der Waals surface area contributed by atoms with Gasteiger partial charge in [0.1, 0.15) is 0 Å². The summed E-state index contributed by atoms with van der Waals surface area (Å²) in [6.45, 7) is 13.0. The quantitative estimate of drug-likeness (QED) is 0.775. The lowest BCUT2D eigenvalue weighted by Gasteiger charge is -2.30. The third-order valence-corrected chi connectivity index (χ3v) is 4.50. The second kappa shape index (κ2) is 7.44. The maximum atomic E-state index is 12.0. The molecule has 0 aromatic rings. The average molecular weight is 282 g/mol. The van der Waals surface area contributed by atoms with Crippen molar-refractivity contribution in [1.29, 1.82) is 0 Å². The molecule has 1 rings (SSSR count). The Balaban J connectivity index is 2.44. The minimum Gasteiger partial charge on any atom is -0.353 e. The highest BCUT2D eigenvalue weighted by molar-refractivity contribution is 5.81. The van der Waals surface area contributed by atoms with E-state index >= 15 is 0 Å². The summed E-state index contributed by atoms with van der Waals surface area (Å²) in [4.78, 5) is 12.0. The molecule has 0 spiro atoms. The number of carbonyl (C=O) groups is 1. The van der Waals surface area contributed by atoms with Crippen LogP contribution in [0.4, 0.5) is 0 Å². The lowest BCUT2D eigenvalue weighted by molar-refractivity contribution is -0.123. The van der Waals surface area contributed by atoms with Crippen LogP contribution < -0.4 is 10.6 Å². The summed E-state index contributed by atoms with van der Waals surface area (Å²) in [6, 6.07) is 0.620. The zero-order valence-corrected chi connectivity index (χ0v) is 14.3. The van der Waals surface area contributed by atoms with Crippen molar-refractivity contribution in [2.45, 2.75) is 91.8 Å². The van der Waals surface area contributed by atoms with E-state index in [0.717, 1.165) is 5.92 Å². The monoisotopic (exact) mass is 282 g/mol. The van der Waals surface area contributed by atoms with Gasteiger partial charge in [-0.1, -0.05) is 27.2 Å². The summed E-state index contributed by atoms with van der Waals surface area (Å²) in [5.74, 6) is 0.936. The standard InChI is InChI=1S/C17H34N2O/c1-12(2)18-16(20)13(3)19-15-9-7-8-14(10-11-15)17(4,5)6/h12-15,19H,7-11H2,1-6H3,(H,18,20). The molecule has 0 saturated heterocycles. The molecule has 0 heterocycles. The molecule has 0 aromatic carbocycles. The van der Waals surface area contributed by atoms with Crippen molar-refractivity contribution >= 4 is 5.91 Å². The van der Waals surface area contributed by atoms with Gasteiger partial charge in [0.2, 0.25) is 5.91 Å². The van der Waals surface area contributed by atoms with Crippen molar-refractivity contribution in [2.75, 3.05) is 0 Å². The van der Waals surface area contributed by atoms with E-state index in [2.05, 4.69) is 31.4 Å². The van der Waals surface area contributed by atoms with Gasteiger partial charge >= 0.3 is 0 Å². The van der Waals surface area contributed by atoms with E-state index in [4.69, 9.17) is 0 Å². The number of amides is 1. The first-order chi connectivity index (χ1) is 9.20. The zero-order chi connectivity index (χ0) is 15.3. The van der Waals surface area contributed by atoms with Crippen LogP contribution in [0.25, 0.3) is 0 Å². The predicted octanol–water partition coefficient (Wildman–Crippen LogP) is 3.48. The molecular formula is C17H34N2O. The molecule has 1 aliphatic carbocycles. The van der Waals surface area contributed by atoms with Crippen molar-refractivity contribution in [3.8, 4) is 0 Å². The molecule has 1 fully saturated rings. The Hall–Kier alpha value is -0.570. The molecule has 20 heavy (non-hydrogen) atoms. The molecule has 3 heteroatoms. The summed E-state index contributed by atoms with van der Waals surface area (Å²) in [7, 11) is 0. The molecule has 0 aromatic heterocycles. The van der Waals surface area contributed by atoms with E-state index in [0.29, 0.717) is 11.5 Å². The Kier molecular flexibility index (Phi) is 6.50. The SMILES string of the molecule is CC(C)NC(=O)C(C)NC1CCCC(C(C)(C)C)CC1. The van der Waals surface area contributed by atoms with Crippen LogP contribution in [-0.2, 0) is 4.79 Å². The third kappa shape index (κ3) is 5.82. The van der Waals surface area contributed by atoms with E-state index in [-0.39, 0.29) is 18.0 Å². The Morgan fingerprint density at radius 3 is 2.25 bits per heavy atom. The molecule has 118 valence electrons. The maximum Gasteiger partial charge on any atom is 0.237 e. The molecule has 3 unspecified atom stereocenters. The van der Waals surface area contributed by atoms with Gasteiger partial charge in [-0.15, -0.1) is 0 Å². The largest absolute Gasteiger partial charge is 0.353 e. The number of nitrogens with one attached hydrogen (secondary N) is 2. The van der Waals surface area contributed by atoms with Crippen LogP contribution in [-0.4, -0.2) is 24.0 Å².